The Morgan fingerprint density at radius 2 is 2.00 bits per heavy atom. The molecule has 0 saturated heterocycles. The Morgan fingerprint density at radius 3 is 2.93 bits per heavy atom. The maximum atomic E-state index is 3.65. The number of hydrogen-bond donors (Lipinski definition) is 0. The molecule has 0 heterocycles. The maximum Gasteiger partial charge on any atom is 0.0256 e. The summed E-state index contributed by atoms with van der Waals surface area (Å²) in [6, 6.07) is 10.8. The minimum absolute atomic E-state index is 1.16. The summed E-state index contributed by atoms with van der Waals surface area (Å²) in [6.45, 7) is 0. The van der Waals surface area contributed by atoms with Crippen molar-refractivity contribution in [2.45, 2.75) is 12.8 Å². The molecule has 0 amide bonds. The van der Waals surface area contributed by atoms with Gasteiger partial charge in [0.25, 0.3) is 0 Å². The highest BCUT2D eigenvalue weighted by molar-refractivity contribution is 9.10. The number of benzene rings is 2. The van der Waals surface area contributed by atoms with Crippen LogP contribution in [-0.4, -0.2) is 0 Å². The molecule has 0 spiro atoms. The van der Waals surface area contributed by atoms with Gasteiger partial charge in [0, 0.05) is 4.47 Å². The standard InChI is InChI=1S/C14H11Br/c15-14-9-10-5-1-2-6-11(10)12-7-3-4-8-13(12)14/h1-2,4-6,8-9H,3,7H2. The third-order valence-corrected chi connectivity index (χ3v) is 3.65. The van der Waals surface area contributed by atoms with Crippen LogP contribution in [0.1, 0.15) is 17.5 Å². The molecule has 0 unspecified atom stereocenters. The highest BCUT2D eigenvalue weighted by atomic mass is 79.9. The highest BCUT2D eigenvalue weighted by Crippen LogP contribution is 2.33. The molecule has 2 aromatic rings. The van der Waals surface area contributed by atoms with Crippen molar-refractivity contribution in [1.82, 2.24) is 0 Å². The molecule has 1 aliphatic carbocycles. The number of allylic oxidation sites excluding steroid dienone is 1. The van der Waals surface area contributed by atoms with Crippen LogP contribution in [0.25, 0.3) is 16.8 Å². The Kier molecular flexibility index (Phi) is 2.14. The van der Waals surface area contributed by atoms with Crippen LogP contribution in [0.15, 0.2) is 40.9 Å². The zero-order valence-electron chi connectivity index (χ0n) is 8.33. The van der Waals surface area contributed by atoms with Crippen molar-refractivity contribution >= 4 is 32.8 Å². The predicted octanol–water partition coefficient (Wildman–Crippen LogP) is 4.56. The SMILES string of the molecule is Brc1cc2ccccc2c2c1C=CCC2. The molecule has 0 atom stereocenters. The fourth-order valence-electron chi connectivity index (χ4n) is 2.28. The maximum absolute atomic E-state index is 3.65. The monoisotopic (exact) mass is 258 g/mol. The molecule has 3 rings (SSSR count). The van der Waals surface area contributed by atoms with E-state index < -0.39 is 0 Å². The molecule has 0 radical (unpaired) electrons. The van der Waals surface area contributed by atoms with Gasteiger partial charge in [0.15, 0.2) is 0 Å². The Labute approximate surface area is 97.7 Å². The van der Waals surface area contributed by atoms with Crippen LogP contribution in [0, 0.1) is 0 Å². The Balaban J connectivity index is 2.45. The van der Waals surface area contributed by atoms with Crippen molar-refractivity contribution in [1.29, 1.82) is 0 Å². The molecule has 0 N–H and O–H groups in total. The van der Waals surface area contributed by atoms with Gasteiger partial charge in [0.1, 0.15) is 0 Å². The molecule has 15 heavy (non-hydrogen) atoms. The molecular formula is C14H11Br. The first-order chi connectivity index (χ1) is 7.36. The molecule has 0 bridgehead atoms. The largest absolute Gasteiger partial charge is 0.0836 e. The van der Waals surface area contributed by atoms with Gasteiger partial charge in [-0.3, -0.25) is 0 Å². The van der Waals surface area contributed by atoms with E-state index in [1.165, 1.54) is 26.4 Å². The van der Waals surface area contributed by atoms with Crippen LogP contribution in [0.4, 0.5) is 0 Å². The first-order valence-corrected chi connectivity index (χ1v) is 6.02. The quantitative estimate of drug-likeness (QED) is 0.650. The number of rotatable bonds is 0. The van der Waals surface area contributed by atoms with E-state index in [0.717, 1.165) is 12.8 Å². The van der Waals surface area contributed by atoms with Crippen molar-refractivity contribution in [3.63, 3.8) is 0 Å². The summed E-state index contributed by atoms with van der Waals surface area (Å²) in [5, 5.41) is 2.73. The Hall–Kier alpha value is -1.08. The number of hydrogen-bond acceptors (Lipinski definition) is 0. The van der Waals surface area contributed by atoms with E-state index in [2.05, 4.69) is 58.4 Å². The zero-order valence-corrected chi connectivity index (χ0v) is 9.92. The molecule has 74 valence electrons. The summed E-state index contributed by atoms with van der Waals surface area (Å²) < 4.78 is 1.21. The molecule has 0 fully saturated rings. The average Bonchev–Trinajstić information content (AvgIpc) is 2.30. The van der Waals surface area contributed by atoms with Crippen LogP contribution in [-0.2, 0) is 6.42 Å². The van der Waals surface area contributed by atoms with Gasteiger partial charge < -0.3 is 0 Å². The van der Waals surface area contributed by atoms with Crippen LogP contribution in [0.3, 0.4) is 0 Å². The summed E-state index contributed by atoms with van der Waals surface area (Å²) in [5.41, 5.74) is 2.85. The van der Waals surface area contributed by atoms with Crippen molar-refractivity contribution < 1.29 is 0 Å². The Morgan fingerprint density at radius 1 is 1.13 bits per heavy atom. The molecule has 2 aromatic carbocycles. The minimum atomic E-state index is 1.16. The number of fused-ring (bicyclic) bond motifs is 3. The first kappa shape index (κ1) is 9.17. The third-order valence-electron chi connectivity index (χ3n) is 3.00. The molecule has 1 aliphatic rings. The van der Waals surface area contributed by atoms with Gasteiger partial charge in [-0.25, -0.2) is 0 Å². The normalized spacial score (nSPS) is 14.2. The average molecular weight is 259 g/mol. The molecular weight excluding hydrogens is 248 g/mol. The fraction of sp³-hybridized carbons (Fsp3) is 0.143. The van der Waals surface area contributed by atoms with Crippen LogP contribution in [0.5, 0.6) is 0 Å². The van der Waals surface area contributed by atoms with E-state index in [-0.39, 0.29) is 0 Å². The summed E-state index contributed by atoms with van der Waals surface area (Å²) in [7, 11) is 0. The number of aryl methyl sites for hydroxylation is 1. The molecule has 0 aliphatic heterocycles. The van der Waals surface area contributed by atoms with Gasteiger partial charge >= 0.3 is 0 Å². The van der Waals surface area contributed by atoms with Crippen LogP contribution < -0.4 is 0 Å². The summed E-state index contributed by atoms with van der Waals surface area (Å²) >= 11 is 3.65. The molecule has 0 nitrogen and oxygen atoms in total. The van der Waals surface area contributed by atoms with E-state index >= 15 is 0 Å². The second-order valence-corrected chi connectivity index (χ2v) is 4.77. The molecule has 0 saturated carbocycles. The molecule has 1 heteroatoms. The second-order valence-electron chi connectivity index (χ2n) is 3.91. The smallest absolute Gasteiger partial charge is 0.0256 e. The van der Waals surface area contributed by atoms with Gasteiger partial charge in [0.2, 0.25) is 0 Å². The van der Waals surface area contributed by atoms with Gasteiger partial charge in [-0.05, 0) is 40.8 Å². The Bertz CT molecular complexity index is 553. The van der Waals surface area contributed by atoms with Crippen molar-refractivity contribution in [3.8, 4) is 0 Å². The van der Waals surface area contributed by atoms with Crippen molar-refractivity contribution in [3.05, 3.63) is 52.0 Å². The summed E-state index contributed by atoms with van der Waals surface area (Å²) in [5.74, 6) is 0. The lowest BCUT2D eigenvalue weighted by atomic mass is 9.92. The van der Waals surface area contributed by atoms with Gasteiger partial charge in [0.05, 0.1) is 0 Å². The van der Waals surface area contributed by atoms with Gasteiger partial charge in [-0.15, -0.1) is 0 Å². The fourth-order valence-corrected chi connectivity index (χ4v) is 2.90. The third kappa shape index (κ3) is 1.42. The summed E-state index contributed by atoms with van der Waals surface area (Å²) in [4.78, 5) is 0. The lowest BCUT2D eigenvalue weighted by Gasteiger charge is -2.15. The topological polar surface area (TPSA) is 0 Å². The van der Waals surface area contributed by atoms with E-state index in [4.69, 9.17) is 0 Å². The van der Waals surface area contributed by atoms with E-state index in [1.807, 2.05) is 0 Å². The second kappa shape index (κ2) is 3.49. The van der Waals surface area contributed by atoms with Crippen molar-refractivity contribution in [2.75, 3.05) is 0 Å². The number of halogens is 1. The van der Waals surface area contributed by atoms with Gasteiger partial charge in [-0.1, -0.05) is 52.3 Å². The van der Waals surface area contributed by atoms with E-state index in [9.17, 15) is 0 Å². The van der Waals surface area contributed by atoms with E-state index in [0.29, 0.717) is 0 Å². The summed E-state index contributed by atoms with van der Waals surface area (Å²) in [6.07, 6.45) is 6.80. The lowest BCUT2D eigenvalue weighted by molar-refractivity contribution is 0.995. The minimum Gasteiger partial charge on any atom is -0.0836 e. The van der Waals surface area contributed by atoms with E-state index in [1.54, 1.807) is 0 Å². The predicted molar refractivity (Wildman–Crippen MR) is 69.0 cm³/mol. The zero-order chi connectivity index (χ0) is 10.3. The van der Waals surface area contributed by atoms with Gasteiger partial charge in [-0.2, -0.15) is 0 Å². The van der Waals surface area contributed by atoms with Crippen LogP contribution in [0.2, 0.25) is 0 Å². The highest BCUT2D eigenvalue weighted by Gasteiger charge is 2.11. The lowest BCUT2D eigenvalue weighted by Crippen LogP contribution is -1.96. The van der Waals surface area contributed by atoms with Crippen LogP contribution >= 0.6 is 15.9 Å². The first-order valence-electron chi connectivity index (χ1n) is 5.23. The molecule has 0 aromatic heterocycles. The van der Waals surface area contributed by atoms with Crippen molar-refractivity contribution in [2.24, 2.45) is 0 Å².